The van der Waals surface area contributed by atoms with Crippen LogP contribution in [-0.4, -0.2) is 11.1 Å². The van der Waals surface area contributed by atoms with E-state index >= 15 is 0 Å². The summed E-state index contributed by atoms with van der Waals surface area (Å²) in [6.45, 7) is 1.79. The number of aliphatic hydroxyl groups excluding tert-OH is 1. The number of rotatable bonds is 5. The molecule has 0 aliphatic heterocycles. The lowest BCUT2D eigenvalue weighted by Crippen LogP contribution is -2.32. The average Bonchev–Trinajstić information content (AvgIpc) is 2.52. The fourth-order valence-electron chi connectivity index (χ4n) is 2.27. The minimum absolute atomic E-state index is 0. The zero-order chi connectivity index (χ0) is 16.2. The van der Waals surface area contributed by atoms with E-state index in [0.717, 1.165) is 11.6 Å². The molecule has 126 valence electrons. The molecule has 0 aliphatic carbocycles. The molecule has 2 unspecified atom stereocenters. The predicted octanol–water partition coefficient (Wildman–Crippen LogP) is 4.34. The molecule has 23 heavy (non-hydrogen) atoms. The van der Waals surface area contributed by atoms with Crippen LogP contribution in [0.5, 0.6) is 0 Å². The Balaban J connectivity index is 0.00000264. The molecule has 2 atom stereocenters. The van der Waals surface area contributed by atoms with Crippen molar-refractivity contribution >= 4 is 12.4 Å². The first-order chi connectivity index (χ1) is 10.4. The summed E-state index contributed by atoms with van der Waals surface area (Å²) in [7, 11) is 0. The Kier molecular flexibility index (Phi) is 7.06. The van der Waals surface area contributed by atoms with Crippen LogP contribution in [0.25, 0.3) is 0 Å². The molecule has 0 heterocycles. The molecule has 2 aromatic rings. The summed E-state index contributed by atoms with van der Waals surface area (Å²) >= 11 is 0. The third-order valence-electron chi connectivity index (χ3n) is 3.55. The van der Waals surface area contributed by atoms with Crippen molar-refractivity contribution in [3.63, 3.8) is 0 Å². The molecule has 2 nitrogen and oxygen atoms in total. The lowest BCUT2D eigenvalue weighted by molar-refractivity contribution is -0.138. The second kappa shape index (κ2) is 8.34. The van der Waals surface area contributed by atoms with Crippen molar-refractivity contribution in [1.82, 2.24) is 5.32 Å². The zero-order valence-electron chi connectivity index (χ0n) is 12.5. The Morgan fingerprint density at radius 1 is 1.00 bits per heavy atom. The molecule has 0 aromatic heterocycles. The van der Waals surface area contributed by atoms with Gasteiger partial charge in [0.1, 0.15) is 0 Å². The van der Waals surface area contributed by atoms with Gasteiger partial charge in [-0.2, -0.15) is 13.2 Å². The average molecular weight is 346 g/mol. The monoisotopic (exact) mass is 345 g/mol. The summed E-state index contributed by atoms with van der Waals surface area (Å²) < 4.78 is 38.8. The van der Waals surface area contributed by atoms with Crippen LogP contribution >= 0.6 is 12.4 Å². The van der Waals surface area contributed by atoms with E-state index < -0.39 is 17.8 Å². The summed E-state index contributed by atoms with van der Waals surface area (Å²) in [6.07, 6.45) is -5.15. The van der Waals surface area contributed by atoms with Gasteiger partial charge in [-0.3, -0.25) is 0 Å². The summed E-state index contributed by atoms with van der Waals surface area (Å²) in [6, 6.07) is 14.1. The Bertz CT molecular complexity index is 604. The molecule has 0 radical (unpaired) electrons. The Morgan fingerprint density at radius 3 is 2.17 bits per heavy atom. The maximum absolute atomic E-state index is 12.9. The standard InChI is InChI=1S/C17H18F3NO.ClH/c1-12(16(22)13-7-3-2-4-8-13)21-11-14-9-5-6-10-15(14)17(18,19)20;/h2-10,12,16,21-22H,11H2,1H3;1H. The number of nitrogens with one attached hydrogen (secondary N) is 1. The lowest BCUT2D eigenvalue weighted by Gasteiger charge is -2.22. The largest absolute Gasteiger partial charge is 0.416 e. The Labute approximate surface area is 139 Å². The normalized spacial score (nSPS) is 14.0. The number of benzene rings is 2. The molecule has 0 fully saturated rings. The van der Waals surface area contributed by atoms with Crippen LogP contribution < -0.4 is 5.32 Å². The van der Waals surface area contributed by atoms with Gasteiger partial charge in [0.15, 0.2) is 0 Å². The van der Waals surface area contributed by atoms with Crippen molar-refractivity contribution in [2.75, 3.05) is 0 Å². The topological polar surface area (TPSA) is 32.3 Å². The fraction of sp³-hybridized carbons (Fsp3) is 0.294. The van der Waals surface area contributed by atoms with Gasteiger partial charge in [0.2, 0.25) is 0 Å². The molecule has 0 spiro atoms. The molecule has 2 N–H and O–H groups in total. The van der Waals surface area contributed by atoms with Gasteiger partial charge in [0, 0.05) is 12.6 Å². The van der Waals surface area contributed by atoms with Crippen molar-refractivity contribution in [2.45, 2.75) is 31.8 Å². The van der Waals surface area contributed by atoms with Crippen LogP contribution in [0, 0.1) is 0 Å². The molecule has 0 saturated heterocycles. The molecular formula is C17H19ClF3NO. The summed E-state index contributed by atoms with van der Waals surface area (Å²) in [5.41, 5.74) is 0.248. The van der Waals surface area contributed by atoms with Gasteiger partial charge in [0.25, 0.3) is 0 Å². The van der Waals surface area contributed by atoms with Gasteiger partial charge >= 0.3 is 6.18 Å². The fourth-order valence-corrected chi connectivity index (χ4v) is 2.27. The highest BCUT2D eigenvalue weighted by Crippen LogP contribution is 2.31. The highest BCUT2D eigenvalue weighted by molar-refractivity contribution is 5.85. The highest BCUT2D eigenvalue weighted by atomic mass is 35.5. The van der Waals surface area contributed by atoms with E-state index in [2.05, 4.69) is 5.32 Å². The van der Waals surface area contributed by atoms with Crippen LogP contribution in [0.4, 0.5) is 13.2 Å². The lowest BCUT2D eigenvalue weighted by atomic mass is 10.0. The molecule has 0 aliphatic rings. The predicted molar refractivity (Wildman–Crippen MR) is 86.4 cm³/mol. The van der Waals surface area contributed by atoms with Gasteiger partial charge < -0.3 is 10.4 Å². The van der Waals surface area contributed by atoms with E-state index in [1.807, 2.05) is 18.2 Å². The van der Waals surface area contributed by atoms with Gasteiger partial charge in [-0.1, -0.05) is 48.5 Å². The van der Waals surface area contributed by atoms with E-state index in [1.165, 1.54) is 12.1 Å². The second-order valence-electron chi connectivity index (χ2n) is 5.18. The Hall–Kier alpha value is -1.56. The van der Waals surface area contributed by atoms with E-state index in [0.29, 0.717) is 0 Å². The van der Waals surface area contributed by atoms with E-state index in [9.17, 15) is 18.3 Å². The van der Waals surface area contributed by atoms with E-state index in [-0.39, 0.29) is 30.6 Å². The minimum atomic E-state index is -4.38. The van der Waals surface area contributed by atoms with Crippen molar-refractivity contribution in [2.24, 2.45) is 0 Å². The maximum Gasteiger partial charge on any atom is 0.416 e. The first-order valence-corrected chi connectivity index (χ1v) is 7.01. The smallest absolute Gasteiger partial charge is 0.387 e. The maximum atomic E-state index is 12.9. The van der Waals surface area contributed by atoms with Crippen LogP contribution in [0.15, 0.2) is 54.6 Å². The summed E-state index contributed by atoms with van der Waals surface area (Å²) in [5.74, 6) is 0. The van der Waals surface area contributed by atoms with Crippen LogP contribution in [0.2, 0.25) is 0 Å². The van der Waals surface area contributed by atoms with Crippen molar-refractivity contribution < 1.29 is 18.3 Å². The highest BCUT2D eigenvalue weighted by Gasteiger charge is 2.32. The summed E-state index contributed by atoms with van der Waals surface area (Å²) in [5, 5.41) is 13.2. The molecule has 0 bridgehead atoms. The Morgan fingerprint density at radius 2 is 1.57 bits per heavy atom. The van der Waals surface area contributed by atoms with Crippen molar-refractivity contribution in [3.05, 3.63) is 71.3 Å². The second-order valence-corrected chi connectivity index (χ2v) is 5.18. The first-order valence-electron chi connectivity index (χ1n) is 7.01. The molecule has 2 rings (SSSR count). The third-order valence-corrected chi connectivity index (χ3v) is 3.55. The van der Waals surface area contributed by atoms with Crippen LogP contribution in [-0.2, 0) is 12.7 Å². The third kappa shape index (κ3) is 5.23. The molecule has 0 saturated carbocycles. The number of aliphatic hydroxyl groups is 1. The zero-order valence-corrected chi connectivity index (χ0v) is 13.4. The number of hydrogen-bond acceptors (Lipinski definition) is 2. The van der Waals surface area contributed by atoms with Crippen molar-refractivity contribution in [3.8, 4) is 0 Å². The van der Waals surface area contributed by atoms with Crippen molar-refractivity contribution in [1.29, 1.82) is 0 Å². The van der Waals surface area contributed by atoms with Gasteiger partial charge in [-0.25, -0.2) is 0 Å². The van der Waals surface area contributed by atoms with Gasteiger partial charge in [-0.05, 0) is 24.1 Å². The van der Waals surface area contributed by atoms with Gasteiger partial charge in [-0.15, -0.1) is 12.4 Å². The van der Waals surface area contributed by atoms with Crippen LogP contribution in [0.1, 0.15) is 29.7 Å². The van der Waals surface area contributed by atoms with E-state index in [1.54, 1.807) is 25.1 Å². The minimum Gasteiger partial charge on any atom is -0.387 e. The number of halogens is 4. The SMILES string of the molecule is CC(NCc1ccccc1C(F)(F)F)C(O)c1ccccc1.Cl. The quantitative estimate of drug-likeness (QED) is 0.845. The number of hydrogen-bond donors (Lipinski definition) is 2. The molecule has 6 heteroatoms. The number of alkyl halides is 3. The molecule has 0 amide bonds. The van der Waals surface area contributed by atoms with E-state index in [4.69, 9.17) is 0 Å². The van der Waals surface area contributed by atoms with Crippen LogP contribution in [0.3, 0.4) is 0 Å². The first kappa shape index (κ1) is 19.5. The molecule has 2 aromatic carbocycles. The van der Waals surface area contributed by atoms with Gasteiger partial charge in [0.05, 0.1) is 11.7 Å². The summed E-state index contributed by atoms with van der Waals surface area (Å²) in [4.78, 5) is 0. The molecular weight excluding hydrogens is 327 g/mol.